The molecule has 0 aromatic rings. The number of nitrogens with one attached hydrogen (secondary N) is 1. The monoisotopic (exact) mass is 270 g/mol. The van der Waals surface area contributed by atoms with Crippen molar-refractivity contribution in [3.05, 3.63) is 21.3 Å². The van der Waals surface area contributed by atoms with E-state index < -0.39 is 0 Å². The fourth-order valence-electron chi connectivity index (χ4n) is 0.125. The van der Waals surface area contributed by atoms with Gasteiger partial charge in [-0.3, -0.25) is 0 Å². The Morgan fingerprint density at radius 3 is 1.43 bits per heavy atom. The zero-order valence-corrected chi connectivity index (χ0v) is 7.67. The quantitative estimate of drug-likeness (QED) is 0.728. The van der Waals surface area contributed by atoms with Gasteiger partial charge in [0.2, 0.25) is 0 Å². The predicted octanol–water partition coefficient (Wildman–Crippen LogP) is 0.692. The fraction of sp³-hybridized carbons (Fsp3) is 0.400. The van der Waals surface area contributed by atoms with Crippen LogP contribution in [0.3, 0.4) is 0 Å². The van der Waals surface area contributed by atoms with Gasteiger partial charge in [-0.15, -0.1) is 13.1 Å². The minimum Gasteiger partial charge on any atom is -0.376 e. The Bertz CT molecular complexity index is 15.6. The summed E-state index contributed by atoms with van der Waals surface area (Å²) in [7, 11) is 0. The molecular weight excluding hydrogens is 258 g/mol. The maximum Gasteiger partial charge on any atom is 0 e. The molecule has 0 aromatic heterocycles. The summed E-state index contributed by atoms with van der Waals surface area (Å²) in [5, 5.41) is 2.89. The molecule has 0 rings (SSSR count). The molecule has 1 N–H and O–H groups in total. The van der Waals surface area contributed by atoms with Gasteiger partial charge >= 0.3 is 0 Å². The van der Waals surface area contributed by atoms with Crippen molar-refractivity contribution in [1.82, 2.24) is 5.32 Å². The second kappa shape index (κ2) is 15.9. The third-order valence-electron chi connectivity index (χ3n) is 0.354. The summed E-state index contributed by atoms with van der Waals surface area (Å²) in [6.07, 6.45) is 0. The van der Waals surface area contributed by atoms with Crippen LogP contribution in [0.1, 0.15) is 0 Å². The zero-order valence-electron chi connectivity index (χ0n) is 4.74. The molecule has 0 atom stereocenters. The van der Waals surface area contributed by atoms with E-state index in [-0.39, 0.29) is 28.5 Å². The van der Waals surface area contributed by atoms with Crippen LogP contribution in [0.2, 0.25) is 0 Å². The van der Waals surface area contributed by atoms with Crippen molar-refractivity contribution in [2.24, 2.45) is 0 Å². The van der Waals surface area contributed by atoms with E-state index in [2.05, 4.69) is 19.2 Å². The molecule has 1 nitrogen and oxygen atoms in total. The Morgan fingerprint density at radius 1 is 1.14 bits per heavy atom. The van der Waals surface area contributed by atoms with E-state index in [0.29, 0.717) is 0 Å². The summed E-state index contributed by atoms with van der Waals surface area (Å²) in [5.41, 5.74) is 0. The van der Waals surface area contributed by atoms with Gasteiger partial charge in [-0.25, -0.2) is 0 Å². The first-order valence-electron chi connectivity index (χ1n) is 1.71. The van der Waals surface area contributed by atoms with Crippen LogP contribution in [0.5, 0.6) is 0 Å². The van der Waals surface area contributed by atoms with Crippen molar-refractivity contribution < 1.29 is 21.1 Å². The Morgan fingerprint density at radius 2 is 1.43 bits per heavy atom. The molecule has 0 aromatic carbocycles. The molecule has 0 fully saturated rings. The molecule has 0 saturated carbocycles. The van der Waals surface area contributed by atoms with Gasteiger partial charge in [0.25, 0.3) is 0 Å². The van der Waals surface area contributed by atoms with E-state index in [9.17, 15) is 0 Å². The topological polar surface area (TPSA) is 12.0 Å². The maximum atomic E-state index is 3.52. The molecule has 7 heavy (non-hydrogen) atoms. The van der Waals surface area contributed by atoms with E-state index in [0.717, 1.165) is 13.1 Å². The molecular formula is C5H12NW-3. The molecule has 0 saturated heterocycles. The molecule has 0 heterocycles. The normalized spacial score (nSPS) is 6.00. The van der Waals surface area contributed by atoms with Crippen LogP contribution in [0.25, 0.3) is 0 Å². The van der Waals surface area contributed by atoms with Crippen LogP contribution in [0.15, 0.2) is 0 Å². The van der Waals surface area contributed by atoms with Crippen LogP contribution < -0.4 is 5.32 Å². The number of hydrogen-bond donors (Lipinski definition) is 1. The van der Waals surface area contributed by atoms with Gasteiger partial charge in [-0.05, 0) is 0 Å². The number of rotatable bonds is 2. The summed E-state index contributed by atoms with van der Waals surface area (Å²) in [5.74, 6) is 0. The molecule has 0 aliphatic rings. The smallest absolute Gasteiger partial charge is 0 e. The van der Waals surface area contributed by atoms with Crippen LogP contribution in [0.4, 0.5) is 0 Å². The molecule has 0 bridgehead atoms. The molecule has 2 heteroatoms. The van der Waals surface area contributed by atoms with Gasteiger partial charge in [0.05, 0.1) is 0 Å². The summed E-state index contributed by atoms with van der Waals surface area (Å²) < 4.78 is 0. The van der Waals surface area contributed by atoms with Crippen LogP contribution in [-0.2, 0) is 21.1 Å². The van der Waals surface area contributed by atoms with Crippen molar-refractivity contribution in [3.8, 4) is 0 Å². The standard InChI is InChI=1S/C4H9N.CH3.W/c1-3-5-4-2;;/h5H,1-4H2;1H3;/q-2;-1;. The van der Waals surface area contributed by atoms with Crippen molar-refractivity contribution in [3.63, 3.8) is 0 Å². The zero-order chi connectivity index (χ0) is 4.12. The summed E-state index contributed by atoms with van der Waals surface area (Å²) in [4.78, 5) is 0. The van der Waals surface area contributed by atoms with E-state index in [1.165, 1.54) is 0 Å². The molecule has 0 spiro atoms. The Hall–Kier alpha value is 0.648. The maximum absolute atomic E-state index is 3.52. The van der Waals surface area contributed by atoms with Gasteiger partial charge < -0.3 is 26.6 Å². The molecule has 0 amide bonds. The molecule has 0 unspecified atom stereocenters. The largest absolute Gasteiger partial charge is 0.376 e. The van der Waals surface area contributed by atoms with Crippen LogP contribution >= 0.6 is 0 Å². The second-order valence-electron chi connectivity index (χ2n) is 0.750. The summed E-state index contributed by atoms with van der Waals surface area (Å²) >= 11 is 0. The van der Waals surface area contributed by atoms with Gasteiger partial charge in [0, 0.05) is 21.1 Å². The van der Waals surface area contributed by atoms with E-state index in [1.807, 2.05) is 0 Å². The predicted molar refractivity (Wildman–Crippen MR) is 30.0 cm³/mol. The first-order chi connectivity index (χ1) is 2.41. The van der Waals surface area contributed by atoms with Crippen LogP contribution in [-0.4, -0.2) is 13.1 Å². The molecule has 0 aliphatic carbocycles. The van der Waals surface area contributed by atoms with Crippen molar-refractivity contribution >= 4 is 0 Å². The van der Waals surface area contributed by atoms with Gasteiger partial charge in [-0.2, -0.15) is 0 Å². The fourth-order valence-corrected chi connectivity index (χ4v) is 0.125. The third kappa shape index (κ3) is 20.5. The average Bonchev–Trinajstić information content (AvgIpc) is 1.41. The van der Waals surface area contributed by atoms with Crippen molar-refractivity contribution in [1.29, 1.82) is 0 Å². The minimum atomic E-state index is 0. The van der Waals surface area contributed by atoms with Gasteiger partial charge in [-0.1, -0.05) is 0 Å². The minimum absolute atomic E-state index is 0. The Labute approximate surface area is 61.1 Å². The number of hydrogen-bond acceptors (Lipinski definition) is 1. The average molecular weight is 270 g/mol. The Kier molecular flexibility index (Phi) is 35.6. The van der Waals surface area contributed by atoms with Crippen molar-refractivity contribution in [2.45, 2.75) is 0 Å². The summed E-state index contributed by atoms with van der Waals surface area (Å²) in [6.45, 7) is 8.61. The molecule has 0 radical (unpaired) electrons. The second-order valence-corrected chi connectivity index (χ2v) is 0.750. The molecule has 46 valence electrons. The Balaban J connectivity index is -0.0000000800. The first-order valence-corrected chi connectivity index (χ1v) is 1.71. The van der Waals surface area contributed by atoms with E-state index in [1.54, 1.807) is 0 Å². The van der Waals surface area contributed by atoms with E-state index >= 15 is 0 Å². The van der Waals surface area contributed by atoms with Gasteiger partial charge in [0.15, 0.2) is 0 Å². The summed E-state index contributed by atoms with van der Waals surface area (Å²) in [6, 6.07) is 0. The SMILES string of the molecule is [CH2-]CNC[CH2-].[CH3-].[W]. The van der Waals surface area contributed by atoms with Gasteiger partial charge in [0.1, 0.15) is 0 Å². The van der Waals surface area contributed by atoms with Crippen LogP contribution in [0, 0.1) is 21.3 Å². The third-order valence-corrected chi connectivity index (χ3v) is 0.354. The molecule has 0 aliphatic heterocycles. The van der Waals surface area contributed by atoms with E-state index in [4.69, 9.17) is 0 Å². The van der Waals surface area contributed by atoms with Crippen molar-refractivity contribution in [2.75, 3.05) is 13.1 Å². The first kappa shape index (κ1) is 15.6.